The number of carbonyl (C=O) groups excluding carboxylic acids is 2. The van der Waals surface area contributed by atoms with Crippen molar-refractivity contribution < 1.29 is 27.8 Å². The molecule has 0 bridgehead atoms. The van der Waals surface area contributed by atoms with Crippen LogP contribution in [0.15, 0.2) is 53.5 Å². The van der Waals surface area contributed by atoms with Gasteiger partial charge in [-0.15, -0.1) is 0 Å². The molecular formula is C30H27Cl2F2N3O4. The van der Waals surface area contributed by atoms with Gasteiger partial charge in [0.05, 0.1) is 24.4 Å². The summed E-state index contributed by atoms with van der Waals surface area (Å²) in [6.07, 6.45) is 2.98. The van der Waals surface area contributed by atoms with Gasteiger partial charge in [0.25, 0.3) is 0 Å². The van der Waals surface area contributed by atoms with Crippen molar-refractivity contribution in [3.8, 4) is 11.5 Å². The van der Waals surface area contributed by atoms with Gasteiger partial charge in [-0.05, 0) is 61.2 Å². The number of amides is 1. The molecule has 0 radical (unpaired) electrons. The minimum atomic E-state index is -0.933. The first-order valence-electron chi connectivity index (χ1n) is 13.1. The van der Waals surface area contributed by atoms with E-state index in [0.29, 0.717) is 48.0 Å². The van der Waals surface area contributed by atoms with Gasteiger partial charge >= 0.3 is 0 Å². The number of hydrogen-bond acceptors (Lipinski definition) is 6. The highest BCUT2D eigenvalue weighted by molar-refractivity contribution is 6.34. The van der Waals surface area contributed by atoms with E-state index in [9.17, 15) is 18.4 Å². The molecule has 0 atom stereocenters. The highest BCUT2D eigenvalue weighted by Gasteiger charge is 2.38. The zero-order chi connectivity index (χ0) is 29.1. The lowest BCUT2D eigenvalue weighted by atomic mass is 9.88. The van der Waals surface area contributed by atoms with Crippen LogP contribution in [0.4, 0.5) is 20.2 Å². The molecule has 41 heavy (non-hydrogen) atoms. The molecule has 5 rings (SSSR count). The molecule has 0 unspecified atom stereocenters. The lowest BCUT2D eigenvalue weighted by Gasteiger charge is -2.39. The van der Waals surface area contributed by atoms with Crippen LogP contribution in [0.1, 0.15) is 30.4 Å². The Kier molecular flexibility index (Phi) is 8.50. The quantitative estimate of drug-likeness (QED) is 0.217. The Labute approximate surface area is 246 Å². The highest BCUT2D eigenvalue weighted by atomic mass is 35.5. The van der Waals surface area contributed by atoms with E-state index in [0.717, 1.165) is 23.3 Å². The van der Waals surface area contributed by atoms with Crippen molar-refractivity contribution in [2.75, 3.05) is 36.6 Å². The van der Waals surface area contributed by atoms with E-state index in [1.807, 2.05) is 24.3 Å². The standard InChI is InChI=1S/C30H27Cl2F2N3O4/c1-40-21-4-2-19(3-5-21)16-37-27(39)9-6-22-26(8-7-23(32)28(22)37)41-17-30(35-18-38)10-12-36(13-11-30)29-24(33)14-20(31)15-25(29)34/h2-5,7-8,14-15H,6,9-13,16-17H2,1H3. The summed E-state index contributed by atoms with van der Waals surface area (Å²) in [5.41, 5.74) is 1.20. The molecule has 7 nitrogen and oxygen atoms in total. The topological polar surface area (TPSA) is 71.4 Å². The molecule has 0 aromatic heterocycles. The van der Waals surface area contributed by atoms with Crippen molar-refractivity contribution in [2.45, 2.75) is 37.8 Å². The van der Waals surface area contributed by atoms with Gasteiger partial charge in [0.1, 0.15) is 29.3 Å². The second-order valence-corrected chi connectivity index (χ2v) is 11.0. The first-order valence-corrected chi connectivity index (χ1v) is 13.9. The number of aliphatic imine (C=N–C) groups is 1. The van der Waals surface area contributed by atoms with Crippen LogP contribution in [0.2, 0.25) is 10.0 Å². The predicted octanol–water partition coefficient (Wildman–Crippen LogP) is 6.51. The lowest BCUT2D eigenvalue weighted by Crippen LogP contribution is -2.47. The van der Waals surface area contributed by atoms with Gasteiger partial charge < -0.3 is 19.3 Å². The number of benzene rings is 3. The Morgan fingerprint density at radius 3 is 2.32 bits per heavy atom. The van der Waals surface area contributed by atoms with Crippen molar-refractivity contribution in [3.63, 3.8) is 0 Å². The second-order valence-electron chi connectivity index (χ2n) is 10.1. The van der Waals surface area contributed by atoms with Crippen LogP contribution in [0.3, 0.4) is 0 Å². The molecule has 1 amide bonds. The summed E-state index contributed by atoms with van der Waals surface area (Å²) in [5, 5.41) is 0.402. The van der Waals surface area contributed by atoms with Crippen LogP contribution in [0.25, 0.3) is 0 Å². The third-order valence-electron chi connectivity index (χ3n) is 7.62. The monoisotopic (exact) mass is 601 g/mol. The number of anilines is 2. The van der Waals surface area contributed by atoms with Gasteiger partial charge in [-0.3, -0.25) is 4.79 Å². The molecule has 1 saturated heterocycles. The normalized spacial score (nSPS) is 16.2. The Hall–Kier alpha value is -3.65. The van der Waals surface area contributed by atoms with Gasteiger partial charge in [-0.25, -0.2) is 13.6 Å². The zero-order valence-corrected chi connectivity index (χ0v) is 23.8. The molecule has 11 heteroatoms. The summed E-state index contributed by atoms with van der Waals surface area (Å²) in [7, 11) is 1.59. The summed E-state index contributed by atoms with van der Waals surface area (Å²) >= 11 is 12.4. The average molecular weight is 602 g/mol. The van der Waals surface area contributed by atoms with Crippen LogP contribution < -0.4 is 19.3 Å². The van der Waals surface area contributed by atoms with Crippen LogP contribution >= 0.6 is 23.2 Å². The van der Waals surface area contributed by atoms with Crippen molar-refractivity contribution in [2.24, 2.45) is 4.99 Å². The van der Waals surface area contributed by atoms with E-state index in [1.165, 1.54) is 0 Å². The van der Waals surface area contributed by atoms with Crippen molar-refractivity contribution in [3.05, 3.63) is 81.3 Å². The zero-order valence-electron chi connectivity index (χ0n) is 22.3. The van der Waals surface area contributed by atoms with Gasteiger partial charge in [0.15, 0.2) is 11.6 Å². The number of hydrogen-bond donors (Lipinski definition) is 0. The maximum Gasteiger partial charge on any atom is 0.235 e. The fourth-order valence-electron chi connectivity index (χ4n) is 5.41. The Balaban J connectivity index is 1.35. The number of isocyanates is 1. The molecule has 3 aromatic rings. The summed E-state index contributed by atoms with van der Waals surface area (Å²) in [5.74, 6) is -0.301. The minimum absolute atomic E-state index is 0.0235. The number of carbonyl (C=O) groups is 1. The smallest absolute Gasteiger partial charge is 0.235 e. The summed E-state index contributed by atoms with van der Waals surface area (Å²) in [6, 6.07) is 13.0. The number of rotatable bonds is 8. The molecule has 2 aliphatic heterocycles. The molecule has 0 saturated carbocycles. The number of piperidine rings is 1. The Bertz CT molecular complexity index is 1480. The molecule has 0 aliphatic carbocycles. The fraction of sp³-hybridized carbons (Fsp3) is 0.333. The molecule has 0 N–H and O–H groups in total. The van der Waals surface area contributed by atoms with Gasteiger partial charge in [-0.2, -0.15) is 4.99 Å². The minimum Gasteiger partial charge on any atom is -0.497 e. The van der Waals surface area contributed by atoms with E-state index in [2.05, 4.69) is 4.99 Å². The first-order chi connectivity index (χ1) is 19.7. The van der Waals surface area contributed by atoms with Gasteiger partial charge in [-0.1, -0.05) is 35.3 Å². The number of ether oxygens (including phenoxy) is 2. The molecule has 0 spiro atoms. The Morgan fingerprint density at radius 1 is 1.00 bits per heavy atom. The molecule has 3 aromatic carbocycles. The van der Waals surface area contributed by atoms with E-state index in [-0.39, 0.29) is 42.7 Å². The maximum atomic E-state index is 14.5. The second kappa shape index (κ2) is 12.1. The molecule has 214 valence electrons. The third-order valence-corrected chi connectivity index (χ3v) is 8.14. The molecule has 2 aliphatic rings. The van der Waals surface area contributed by atoms with Crippen molar-refractivity contribution in [1.82, 2.24) is 0 Å². The third kappa shape index (κ3) is 6.03. The highest BCUT2D eigenvalue weighted by Crippen LogP contribution is 2.42. The summed E-state index contributed by atoms with van der Waals surface area (Å²) in [6.45, 7) is 0.855. The van der Waals surface area contributed by atoms with Crippen molar-refractivity contribution in [1.29, 1.82) is 0 Å². The number of fused-ring (bicyclic) bond motifs is 1. The predicted molar refractivity (Wildman–Crippen MR) is 153 cm³/mol. The summed E-state index contributed by atoms with van der Waals surface area (Å²) < 4.78 is 40.5. The average Bonchev–Trinajstić information content (AvgIpc) is 2.95. The number of halogens is 4. The van der Waals surface area contributed by atoms with Gasteiger partial charge in [0, 0.05) is 30.1 Å². The lowest BCUT2D eigenvalue weighted by molar-refractivity contribution is -0.119. The number of methoxy groups -OCH3 is 1. The van der Waals surface area contributed by atoms with Crippen LogP contribution in [0, 0.1) is 11.6 Å². The van der Waals surface area contributed by atoms with E-state index in [1.54, 1.807) is 35.1 Å². The summed E-state index contributed by atoms with van der Waals surface area (Å²) in [4.78, 5) is 31.7. The molecular weight excluding hydrogens is 575 g/mol. The molecule has 2 heterocycles. The van der Waals surface area contributed by atoms with E-state index >= 15 is 0 Å². The van der Waals surface area contributed by atoms with Crippen molar-refractivity contribution >= 4 is 46.6 Å². The Morgan fingerprint density at radius 2 is 1.68 bits per heavy atom. The molecule has 1 fully saturated rings. The van der Waals surface area contributed by atoms with E-state index in [4.69, 9.17) is 32.7 Å². The first kappa shape index (κ1) is 28.9. The van der Waals surface area contributed by atoms with Gasteiger partial charge in [0.2, 0.25) is 12.0 Å². The van der Waals surface area contributed by atoms with Crippen LogP contribution in [-0.2, 0) is 22.6 Å². The SMILES string of the molecule is COc1ccc(CN2C(=O)CCc3c(OCC4(N=C=O)CCN(c5c(F)cc(Cl)cc5F)CC4)ccc(Cl)c32)cc1. The largest absolute Gasteiger partial charge is 0.497 e. The van der Waals surface area contributed by atoms with Crippen LogP contribution in [0.5, 0.6) is 11.5 Å². The maximum absolute atomic E-state index is 14.5. The number of nitrogens with zero attached hydrogens (tertiary/aromatic N) is 3. The van der Waals surface area contributed by atoms with E-state index < -0.39 is 17.2 Å². The fourth-order valence-corrected chi connectivity index (χ4v) is 5.88. The van der Waals surface area contributed by atoms with Crippen LogP contribution in [-0.4, -0.2) is 44.3 Å².